The summed E-state index contributed by atoms with van der Waals surface area (Å²) in [5.41, 5.74) is 1.67. The number of sulfonamides is 1. The topological polar surface area (TPSA) is 78.5 Å². The van der Waals surface area contributed by atoms with Gasteiger partial charge in [0.2, 0.25) is 10.0 Å². The van der Waals surface area contributed by atoms with Gasteiger partial charge in [0.05, 0.1) is 4.90 Å². The van der Waals surface area contributed by atoms with Gasteiger partial charge in [-0.1, -0.05) is 25.1 Å². The summed E-state index contributed by atoms with van der Waals surface area (Å²) in [7, 11) is -3.50. The largest absolute Gasteiger partial charge is 0.371 e. The molecule has 3 rings (SSSR count). The van der Waals surface area contributed by atoms with Crippen LogP contribution >= 0.6 is 0 Å². The Labute approximate surface area is 160 Å². The average Bonchev–Trinajstić information content (AvgIpc) is 3.16. The molecule has 1 aliphatic heterocycles. The van der Waals surface area contributed by atoms with Gasteiger partial charge >= 0.3 is 0 Å². The lowest BCUT2D eigenvalue weighted by Crippen LogP contribution is -2.31. The first-order valence-corrected chi connectivity index (χ1v) is 10.7. The van der Waals surface area contributed by atoms with Crippen molar-refractivity contribution in [2.45, 2.75) is 18.2 Å². The summed E-state index contributed by atoms with van der Waals surface area (Å²) in [5.74, 6) is 0.225. The number of nitrogens with one attached hydrogen (secondary N) is 2. The molecule has 27 heavy (non-hydrogen) atoms. The van der Waals surface area contributed by atoms with Crippen LogP contribution in [0.1, 0.15) is 23.7 Å². The van der Waals surface area contributed by atoms with Crippen LogP contribution in [0.2, 0.25) is 0 Å². The quantitative estimate of drug-likeness (QED) is 0.764. The van der Waals surface area contributed by atoms with E-state index in [1.165, 1.54) is 17.8 Å². The highest BCUT2D eigenvalue weighted by Crippen LogP contribution is 2.23. The van der Waals surface area contributed by atoms with E-state index in [-0.39, 0.29) is 10.8 Å². The number of rotatable bonds is 7. The Morgan fingerprint density at radius 1 is 1.11 bits per heavy atom. The predicted octanol–water partition coefficient (Wildman–Crippen LogP) is 2.24. The first-order chi connectivity index (χ1) is 13.0. The van der Waals surface area contributed by atoms with Crippen molar-refractivity contribution >= 4 is 21.6 Å². The molecular formula is C20H25N3O3S. The second-order valence-electron chi connectivity index (χ2n) is 6.67. The number of anilines is 1. The molecule has 0 spiro atoms. The Bertz CT molecular complexity index is 867. The molecule has 1 fully saturated rings. The van der Waals surface area contributed by atoms with E-state index in [9.17, 15) is 13.2 Å². The number of para-hydroxylation sites is 1. The van der Waals surface area contributed by atoms with E-state index in [1.807, 2.05) is 18.2 Å². The number of carbonyl (C=O) groups is 1. The zero-order valence-electron chi connectivity index (χ0n) is 15.4. The lowest BCUT2D eigenvalue weighted by molar-refractivity contribution is 0.0948. The summed E-state index contributed by atoms with van der Waals surface area (Å²) in [6, 6.07) is 16.3. The molecule has 1 aliphatic rings. The molecule has 2 N–H and O–H groups in total. The minimum atomic E-state index is -3.50. The van der Waals surface area contributed by atoms with Gasteiger partial charge in [-0.2, -0.15) is 0 Å². The van der Waals surface area contributed by atoms with Crippen molar-refractivity contribution in [2.75, 3.05) is 31.1 Å². The molecule has 0 radical (unpaired) electrons. The van der Waals surface area contributed by atoms with E-state index in [4.69, 9.17) is 0 Å². The molecule has 144 valence electrons. The number of hydrogen-bond acceptors (Lipinski definition) is 4. The molecule has 1 atom stereocenters. The van der Waals surface area contributed by atoms with E-state index >= 15 is 0 Å². The van der Waals surface area contributed by atoms with Crippen molar-refractivity contribution in [3.8, 4) is 0 Å². The van der Waals surface area contributed by atoms with Crippen LogP contribution in [0.5, 0.6) is 0 Å². The smallest absolute Gasteiger partial charge is 0.251 e. The second kappa shape index (κ2) is 8.54. The predicted molar refractivity (Wildman–Crippen MR) is 106 cm³/mol. The van der Waals surface area contributed by atoms with Crippen molar-refractivity contribution < 1.29 is 13.2 Å². The fourth-order valence-electron chi connectivity index (χ4n) is 3.27. The van der Waals surface area contributed by atoms with E-state index < -0.39 is 10.0 Å². The summed E-state index contributed by atoms with van der Waals surface area (Å²) in [4.78, 5) is 14.8. The fourth-order valence-corrected chi connectivity index (χ4v) is 4.31. The van der Waals surface area contributed by atoms with Crippen LogP contribution in [0.15, 0.2) is 59.5 Å². The van der Waals surface area contributed by atoms with E-state index in [1.54, 1.807) is 19.1 Å². The van der Waals surface area contributed by atoms with Crippen molar-refractivity contribution in [3.63, 3.8) is 0 Å². The number of benzene rings is 2. The van der Waals surface area contributed by atoms with Gasteiger partial charge in [0.15, 0.2) is 0 Å². The summed E-state index contributed by atoms with van der Waals surface area (Å²) in [6.07, 6.45) is 1.04. The molecule has 6 nitrogen and oxygen atoms in total. The second-order valence-corrected chi connectivity index (χ2v) is 8.44. The van der Waals surface area contributed by atoms with Gasteiger partial charge in [-0.3, -0.25) is 4.79 Å². The molecule has 0 aliphatic carbocycles. The Kier molecular flexibility index (Phi) is 6.13. The van der Waals surface area contributed by atoms with Gasteiger partial charge in [-0.05, 0) is 48.7 Å². The zero-order valence-corrected chi connectivity index (χ0v) is 16.2. The fraction of sp³-hybridized carbons (Fsp3) is 0.350. The standard InChI is InChI=1S/C20H25N3O3S/c1-2-22-27(25,26)19-10-8-17(9-11-19)20(24)21-14-16-12-13-23(15-16)18-6-4-3-5-7-18/h3-11,16,22H,2,12-15H2,1H3,(H,21,24). The van der Waals surface area contributed by atoms with Gasteiger partial charge in [0.1, 0.15) is 0 Å². The molecule has 1 unspecified atom stereocenters. The van der Waals surface area contributed by atoms with Crippen LogP contribution in [-0.4, -0.2) is 40.5 Å². The number of carbonyl (C=O) groups excluding carboxylic acids is 1. The van der Waals surface area contributed by atoms with Crippen LogP contribution < -0.4 is 14.9 Å². The van der Waals surface area contributed by atoms with Crippen molar-refractivity contribution in [1.29, 1.82) is 0 Å². The van der Waals surface area contributed by atoms with Crippen LogP contribution in [0.3, 0.4) is 0 Å². The zero-order chi connectivity index (χ0) is 19.3. The summed E-state index contributed by atoms with van der Waals surface area (Å²) in [5, 5.41) is 2.97. The summed E-state index contributed by atoms with van der Waals surface area (Å²) < 4.78 is 26.3. The third kappa shape index (κ3) is 4.87. The lowest BCUT2D eigenvalue weighted by atomic mass is 10.1. The normalized spacial score (nSPS) is 17.1. The molecule has 0 aromatic heterocycles. The van der Waals surface area contributed by atoms with Crippen molar-refractivity contribution in [1.82, 2.24) is 10.0 Å². The maximum absolute atomic E-state index is 12.3. The van der Waals surface area contributed by atoms with Crippen molar-refractivity contribution in [2.24, 2.45) is 5.92 Å². The van der Waals surface area contributed by atoms with Gasteiger partial charge in [0.25, 0.3) is 5.91 Å². The number of hydrogen-bond donors (Lipinski definition) is 2. The molecular weight excluding hydrogens is 362 g/mol. The van der Waals surface area contributed by atoms with E-state index in [2.05, 4.69) is 27.1 Å². The highest BCUT2D eigenvalue weighted by molar-refractivity contribution is 7.89. The minimum Gasteiger partial charge on any atom is -0.371 e. The maximum atomic E-state index is 12.3. The molecule has 0 saturated carbocycles. The van der Waals surface area contributed by atoms with Crippen LogP contribution in [0.4, 0.5) is 5.69 Å². The first kappa shape index (κ1) is 19.4. The Morgan fingerprint density at radius 3 is 2.48 bits per heavy atom. The van der Waals surface area contributed by atoms with E-state index in [0.717, 1.165) is 19.5 Å². The minimum absolute atomic E-state index is 0.162. The van der Waals surface area contributed by atoms with Crippen LogP contribution in [0.25, 0.3) is 0 Å². The van der Waals surface area contributed by atoms with Gasteiger partial charge in [0, 0.05) is 37.4 Å². The SMILES string of the molecule is CCNS(=O)(=O)c1ccc(C(=O)NCC2CCN(c3ccccc3)C2)cc1. The Hall–Kier alpha value is -2.38. The van der Waals surface area contributed by atoms with Crippen LogP contribution in [-0.2, 0) is 10.0 Å². The number of amides is 1. The highest BCUT2D eigenvalue weighted by Gasteiger charge is 2.23. The van der Waals surface area contributed by atoms with Gasteiger partial charge < -0.3 is 10.2 Å². The molecule has 1 saturated heterocycles. The van der Waals surface area contributed by atoms with Gasteiger partial charge in [-0.15, -0.1) is 0 Å². The number of nitrogens with zero attached hydrogens (tertiary/aromatic N) is 1. The lowest BCUT2D eigenvalue weighted by Gasteiger charge is -2.18. The average molecular weight is 388 g/mol. The Morgan fingerprint density at radius 2 is 1.81 bits per heavy atom. The Balaban J connectivity index is 1.53. The summed E-state index contributed by atoms with van der Waals surface area (Å²) >= 11 is 0. The van der Waals surface area contributed by atoms with Gasteiger partial charge in [-0.25, -0.2) is 13.1 Å². The molecule has 2 aromatic rings. The first-order valence-electron chi connectivity index (χ1n) is 9.17. The third-order valence-electron chi connectivity index (χ3n) is 4.72. The third-order valence-corrected chi connectivity index (χ3v) is 6.28. The monoisotopic (exact) mass is 387 g/mol. The van der Waals surface area contributed by atoms with E-state index in [0.29, 0.717) is 24.6 Å². The molecule has 1 heterocycles. The van der Waals surface area contributed by atoms with Crippen molar-refractivity contribution in [3.05, 3.63) is 60.2 Å². The maximum Gasteiger partial charge on any atom is 0.251 e. The molecule has 1 amide bonds. The van der Waals surface area contributed by atoms with Crippen LogP contribution in [0, 0.1) is 5.92 Å². The molecule has 7 heteroatoms. The molecule has 0 bridgehead atoms. The summed E-state index contributed by atoms with van der Waals surface area (Å²) in [6.45, 7) is 4.57. The highest BCUT2D eigenvalue weighted by atomic mass is 32.2. The molecule has 2 aromatic carbocycles.